The third-order valence-corrected chi connectivity index (χ3v) is 4.09. The summed E-state index contributed by atoms with van der Waals surface area (Å²) in [4.78, 5) is 6.12. The smallest absolute Gasteiger partial charge is 0.115 e. The molecule has 15 heavy (non-hydrogen) atoms. The van der Waals surface area contributed by atoms with E-state index in [0.29, 0.717) is 0 Å². The van der Waals surface area contributed by atoms with Crippen molar-refractivity contribution in [3.8, 4) is 0 Å². The maximum Gasteiger partial charge on any atom is 0.115 e. The summed E-state index contributed by atoms with van der Waals surface area (Å²) in [5.41, 5.74) is 1.32. The molecular formula is C10H10BrN3S. The van der Waals surface area contributed by atoms with Gasteiger partial charge in [-0.1, -0.05) is 0 Å². The molecule has 2 aromatic rings. The first-order valence-electron chi connectivity index (χ1n) is 4.97. The summed E-state index contributed by atoms with van der Waals surface area (Å²) in [6.07, 6.45) is 7.44. The number of hydrogen-bond acceptors (Lipinski definition) is 3. The Balaban J connectivity index is 1.82. The Kier molecular flexibility index (Phi) is 2.36. The Morgan fingerprint density at radius 1 is 1.47 bits per heavy atom. The molecule has 0 aliphatic heterocycles. The van der Waals surface area contributed by atoms with Gasteiger partial charge in [0.25, 0.3) is 0 Å². The summed E-state index contributed by atoms with van der Waals surface area (Å²) in [6, 6.07) is 0. The van der Waals surface area contributed by atoms with Crippen LogP contribution in [0.2, 0.25) is 0 Å². The van der Waals surface area contributed by atoms with E-state index in [4.69, 9.17) is 0 Å². The number of hydrogen-bond donors (Lipinski definition) is 0. The van der Waals surface area contributed by atoms with E-state index >= 15 is 0 Å². The fourth-order valence-corrected chi connectivity index (χ4v) is 3.35. The van der Waals surface area contributed by atoms with Crippen molar-refractivity contribution >= 4 is 27.3 Å². The second kappa shape index (κ2) is 3.72. The van der Waals surface area contributed by atoms with Crippen molar-refractivity contribution in [3.63, 3.8) is 0 Å². The zero-order valence-corrected chi connectivity index (χ0v) is 10.5. The van der Waals surface area contributed by atoms with Crippen LogP contribution in [0.5, 0.6) is 0 Å². The lowest BCUT2D eigenvalue weighted by Crippen LogP contribution is -1.99. The average Bonchev–Trinajstić information content (AvgIpc) is 2.81. The lowest BCUT2D eigenvalue weighted by Gasteiger charge is -1.96. The highest BCUT2D eigenvalue weighted by Gasteiger charge is 2.16. The number of nitrogens with zero attached hydrogens (tertiary/aromatic N) is 3. The quantitative estimate of drug-likeness (QED) is 0.848. The lowest BCUT2D eigenvalue weighted by atomic mass is 10.4. The van der Waals surface area contributed by atoms with Gasteiger partial charge in [0.15, 0.2) is 0 Å². The van der Waals surface area contributed by atoms with Crippen molar-refractivity contribution in [2.45, 2.75) is 25.8 Å². The Morgan fingerprint density at radius 3 is 3.13 bits per heavy atom. The van der Waals surface area contributed by atoms with Gasteiger partial charge in [-0.15, -0.1) is 11.3 Å². The maximum atomic E-state index is 4.64. The summed E-state index contributed by atoms with van der Waals surface area (Å²) < 4.78 is 2.93. The van der Waals surface area contributed by atoms with Gasteiger partial charge in [-0.25, -0.2) is 4.98 Å². The molecule has 0 radical (unpaired) electrons. The minimum atomic E-state index is 0.795. The van der Waals surface area contributed by atoms with E-state index in [-0.39, 0.29) is 0 Å². The second-order valence-corrected chi connectivity index (χ2v) is 5.77. The van der Waals surface area contributed by atoms with Crippen LogP contribution >= 0.6 is 27.3 Å². The van der Waals surface area contributed by atoms with Gasteiger partial charge < -0.3 is 0 Å². The molecule has 0 saturated heterocycles. The first-order chi connectivity index (χ1) is 7.31. The standard InChI is InChI=1S/C10H10BrN3S/c11-7-4-12-14(5-7)6-10-13-8-2-1-3-9(8)15-10/h4-5H,1-3,6H2. The largest absolute Gasteiger partial charge is 0.265 e. The molecule has 0 amide bonds. The predicted octanol–water partition coefficient (Wildman–Crippen LogP) is 2.64. The zero-order valence-electron chi connectivity index (χ0n) is 8.11. The van der Waals surface area contributed by atoms with E-state index in [0.717, 1.165) is 17.4 Å². The summed E-state index contributed by atoms with van der Waals surface area (Å²) >= 11 is 5.23. The van der Waals surface area contributed by atoms with Gasteiger partial charge in [-0.2, -0.15) is 5.10 Å². The van der Waals surface area contributed by atoms with Crippen LogP contribution in [0, 0.1) is 0 Å². The first-order valence-corrected chi connectivity index (χ1v) is 6.57. The molecule has 2 aromatic heterocycles. The Morgan fingerprint density at radius 2 is 2.40 bits per heavy atom. The van der Waals surface area contributed by atoms with E-state index in [1.165, 1.54) is 28.4 Å². The van der Waals surface area contributed by atoms with Crippen LogP contribution in [0.15, 0.2) is 16.9 Å². The van der Waals surface area contributed by atoms with Crippen LogP contribution in [0.25, 0.3) is 0 Å². The van der Waals surface area contributed by atoms with Gasteiger partial charge in [0.2, 0.25) is 0 Å². The molecule has 0 bridgehead atoms. The van der Waals surface area contributed by atoms with E-state index in [1.54, 1.807) is 6.20 Å². The third kappa shape index (κ3) is 1.86. The fraction of sp³-hybridized carbons (Fsp3) is 0.400. The van der Waals surface area contributed by atoms with E-state index in [1.807, 2.05) is 22.2 Å². The summed E-state index contributed by atoms with van der Waals surface area (Å²) in [7, 11) is 0. The number of thiazole rings is 1. The molecule has 0 N–H and O–H groups in total. The minimum Gasteiger partial charge on any atom is -0.265 e. The Labute approximate surface area is 100 Å². The topological polar surface area (TPSA) is 30.7 Å². The SMILES string of the molecule is Brc1cnn(Cc2nc3c(s2)CCC3)c1. The molecule has 5 heteroatoms. The van der Waals surface area contributed by atoms with Gasteiger partial charge in [0, 0.05) is 11.1 Å². The number of rotatable bonds is 2. The van der Waals surface area contributed by atoms with E-state index < -0.39 is 0 Å². The van der Waals surface area contributed by atoms with Gasteiger partial charge >= 0.3 is 0 Å². The zero-order chi connectivity index (χ0) is 10.3. The van der Waals surface area contributed by atoms with Crippen molar-refractivity contribution in [3.05, 3.63) is 32.4 Å². The van der Waals surface area contributed by atoms with Crippen LogP contribution in [0.1, 0.15) is 22.0 Å². The summed E-state index contributed by atoms with van der Waals surface area (Å²) in [5.74, 6) is 0. The predicted molar refractivity (Wildman–Crippen MR) is 63.2 cm³/mol. The van der Waals surface area contributed by atoms with Crippen molar-refractivity contribution in [2.75, 3.05) is 0 Å². The van der Waals surface area contributed by atoms with Crippen LogP contribution < -0.4 is 0 Å². The summed E-state index contributed by atoms with van der Waals surface area (Å²) in [6.45, 7) is 0.795. The van der Waals surface area contributed by atoms with Crippen molar-refractivity contribution in [1.29, 1.82) is 0 Å². The summed E-state index contributed by atoms with van der Waals surface area (Å²) in [5, 5.41) is 5.41. The first kappa shape index (κ1) is 9.54. The molecule has 78 valence electrons. The molecular weight excluding hydrogens is 274 g/mol. The second-order valence-electron chi connectivity index (χ2n) is 3.69. The van der Waals surface area contributed by atoms with Crippen LogP contribution in [-0.4, -0.2) is 14.8 Å². The van der Waals surface area contributed by atoms with Crippen molar-refractivity contribution in [2.24, 2.45) is 0 Å². The molecule has 0 spiro atoms. The molecule has 1 aliphatic carbocycles. The number of aromatic nitrogens is 3. The van der Waals surface area contributed by atoms with Crippen molar-refractivity contribution < 1.29 is 0 Å². The maximum absolute atomic E-state index is 4.64. The molecule has 3 nitrogen and oxygen atoms in total. The van der Waals surface area contributed by atoms with Gasteiger partial charge in [-0.3, -0.25) is 4.68 Å². The normalized spacial score (nSPS) is 14.5. The fourth-order valence-electron chi connectivity index (χ4n) is 1.87. The van der Waals surface area contributed by atoms with E-state index in [2.05, 4.69) is 26.0 Å². The Bertz CT molecular complexity index is 467. The number of fused-ring (bicyclic) bond motifs is 1. The van der Waals surface area contributed by atoms with Crippen LogP contribution in [0.3, 0.4) is 0 Å². The van der Waals surface area contributed by atoms with Gasteiger partial charge in [0.1, 0.15) is 5.01 Å². The molecule has 0 aromatic carbocycles. The lowest BCUT2D eigenvalue weighted by molar-refractivity contribution is 0.680. The number of aryl methyl sites for hydroxylation is 2. The highest BCUT2D eigenvalue weighted by Crippen LogP contribution is 2.27. The average molecular weight is 284 g/mol. The highest BCUT2D eigenvalue weighted by molar-refractivity contribution is 9.10. The molecule has 1 aliphatic rings. The highest BCUT2D eigenvalue weighted by atomic mass is 79.9. The van der Waals surface area contributed by atoms with E-state index in [9.17, 15) is 0 Å². The van der Waals surface area contributed by atoms with Gasteiger partial charge in [-0.05, 0) is 35.2 Å². The molecule has 2 heterocycles. The van der Waals surface area contributed by atoms with Crippen LogP contribution in [0.4, 0.5) is 0 Å². The molecule has 0 unspecified atom stereocenters. The third-order valence-electron chi connectivity index (χ3n) is 2.54. The monoisotopic (exact) mass is 283 g/mol. The molecule has 0 saturated carbocycles. The van der Waals surface area contributed by atoms with Crippen LogP contribution in [-0.2, 0) is 19.4 Å². The molecule has 3 rings (SSSR count). The molecule has 0 atom stereocenters. The number of halogens is 1. The molecule has 0 fully saturated rings. The van der Waals surface area contributed by atoms with Gasteiger partial charge in [0.05, 0.1) is 22.9 Å². The van der Waals surface area contributed by atoms with Crippen molar-refractivity contribution in [1.82, 2.24) is 14.8 Å². The Hall–Kier alpha value is -0.680. The minimum absolute atomic E-state index is 0.795.